The van der Waals surface area contributed by atoms with Crippen molar-refractivity contribution in [3.63, 3.8) is 0 Å². The van der Waals surface area contributed by atoms with E-state index in [4.69, 9.17) is 5.11 Å². The molecule has 15 heavy (non-hydrogen) atoms. The van der Waals surface area contributed by atoms with Gasteiger partial charge in [0, 0.05) is 12.5 Å². The van der Waals surface area contributed by atoms with Crippen LogP contribution in [0.15, 0.2) is 0 Å². The summed E-state index contributed by atoms with van der Waals surface area (Å²) in [5.74, 6) is 0.0121. The van der Waals surface area contributed by atoms with Gasteiger partial charge in [-0.1, -0.05) is 6.42 Å². The normalized spacial score (nSPS) is 32.3. The zero-order chi connectivity index (χ0) is 10.7. The third-order valence-corrected chi connectivity index (χ3v) is 3.96. The van der Waals surface area contributed by atoms with Crippen molar-refractivity contribution < 1.29 is 9.90 Å². The van der Waals surface area contributed by atoms with Crippen LogP contribution in [0.3, 0.4) is 0 Å². The average molecular weight is 211 g/mol. The summed E-state index contributed by atoms with van der Waals surface area (Å²) in [4.78, 5) is 13.2. The zero-order valence-corrected chi connectivity index (χ0v) is 9.32. The molecule has 0 radical (unpaired) electrons. The third kappa shape index (κ3) is 2.71. The van der Waals surface area contributed by atoms with Crippen LogP contribution in [0.1, 0.15) is 44.9 Å². The van der Waals surface area contributed by atoms with E-state index < -0.39 is 5.97 Å². The summed E-state index contributed by atoms with van der Waals surface area (Å²) in [6.45, 7) is 2.49. The van der Waals surface area contributed by atoms with Crippen molar-refractivity contribution >= 4 is 5.97 Å². The minimum absolute atomic E-state index is 0.356. The fourth-order valence-corrected chi connectivity index (χ4v) is 3.22. The molecule has 0 amide bonds. The highest BCUT2D eigenvalue weighted by atomic mass is 16.4. The number of carboxylic acid groups (broad SMARTS) is 1. The molecule has 2 rings (SSSR count). The molecule has 0 aromatic carbocycles. The van der Waals surface area contributed by atoms with Crippen molar-refractivity contribution in [1.29, 1.82) is 0 Å². The molecule has 3 heteroatoms. The summed E-state index contributed by atoms with van der Waals surface area (Å²) in [7, 11) is 0. The number of nitrogens with zero attached hydrogens (tertiary/aromatic N) is 1. The number of hydrogen-bond donors (Lipinski definition) is 1. The predicted octanol–water partition coefficient (Wildman–Crippen LogP) is 2.12. The third-order valence-electron chi connectivity index (χ3n) is 3.96. The SMILES string of the molecule is O=C(O)CCC1CCCN2CCCCC12. The van der Waals surface area contributed by atoms with Gasteiger partial charge in [0.2, 0.25) is 0 Å². The maximum absolute atomic E-state index is 10.6. The van der Waals surface area contributed by atoms with E-state index in [0.717, 1.165) is 6.42 Å². The number of carbonyl (C=O) groups is 1. The van der Waals surface area contributed by atoms with E-state index >= 15 is 0 Å². The molecule has 2 atom stereocenters. The smallest absolute Gasteiger partial charge is 0.303 e. The molecule has 2 fully saturated rings. The van der Waals surface area contributed by atoms with Gasteiger partial charge >= 0.3 is 5.97 Å². The lowest BCUT2D eigenvalue weighted by molar-refractivity contribution is -0.137. The molecule has 86 valence electrons. The number of rotatable bonds is 3. The Kier molecular flexibility index (Phi) is 3.62. The van der Waals surface area contributed by atoms with Crippen LogP contribution < -0.4 is 0 Å². The van der Waals surface area contributed by atoms with Crippen LogP contribution in [0.2, 0.25) is 0 Å². The number of carboxylic acids is 1. The molecule has 0 bridgehead atoms. The van der Waals surface area contributed by atoms with Gasteiger partial charge in [-0.15, -0.1) is 0 Å². The Morgan fingerprint density at radius 1 is 1.20 bits per heavy atom. The van der Waals surface area contributed by atoms with E-state index in [0.29, 0.717) is 18.4 Å². The molecule has 0 saturated carbocycles. The van der Waals surface area contributed by atoms with Gasteiger partial charge in [-0.3, -0.25) is 4.79 Å². The van der Waals surface area contributed by atoms with E-state index in [2.05, 4.69) is 4.90 Å². The maximum Gasteiger partial charge on any atom is 0.303 e. The number of fused-ring (bicyclic) bond motifs is 1. The van der Waals surface area contributed by atoms with Gasteiger partial charge in [0.25, 0.3) is 0 Å². The van der Waals surface area contributed by atoms with Crippen LogP contribution in [0.25, 0.3) is 0 Å². The number of piperidine rings is 2. The molecule has 0 aliphatic carbocycles. The fraction of sp³-hybridized carbons (Fsp3) is 0.917. The van der Waals surface area contributed by atoms with Crippen LogP contribution in [0, 0.1) is 5.92 Å². The molecule has 0 aromatic heterocycles. The van der Waals surface area contributed by atoms with Gasteiger partial charge in [0.05, 0.1) is 0 Å². The number of aliphatic carboxylic acids is 1. The fourth-order valence-electron chi connectivity index (χ4n) is 3.22. The average Bonchev–Trinajstić information content (AvgIpc) is 2.26. The second-order valence-electron chi connectivity index (χ2n) is 4.93. The Balaban J connectivity index is 1.88. The van der Waals surface area contributed by atoms with Gasteiger partial charge in [0.1, 0.15) is 0 Å². The number of hydrogen-bond acceptors (Lipinski definition) is 2. The highest BCUT2D eigenvalue weighted by Gasteiger charge is 2.32. The van der Waals surface area contributed by atoms with Crippen LogP contribution in [0.5, 0.6) is 0 Å². The molecule has 1 N–H and O–H groups in total. The van der Waals surface area contributed by atoms with Gasteiger partial charge in [-0.05, 0) is 51.1 Å². The lowest BCUT2D eigenvalue weighted by Gasteiger charge is -2.44. The molecule has 2 saturated heterocycles. The molecular formula is C12H21NO2. The summed E-state index contributed by atoms with van der Waals surface area (Å²) in [6.07, 6.45) is 7.72. The molecule has 0 aromatic rings. The monoisotopic (exact) mass is 211 g/mol. The van der Waals surface area contributed by atoms with Crippen LogP contribution >= 0.6 is 0 Å². The molecule has 3 nitrogen and oxygen atoms in total. The van der Waals surface area contributed by atoms with Crippen molar-refractivity contribution in [3.8, 4) is 0 Å². The molecule has 2 aliphatic heterocycles. The Bertz CT molecular complexity index is 228. The van der Waals surface area contributed by atoms with Crippen molar-refractivity contribution in [3.05, 3.63) is 0 Å². The highest BCUT2D eigenvalue weighted by Crippen LogP contribution is 2.33. The first-order valence-corrected chi connectivity index (χ1v) is 6.23. The summed E-state index contributed by atoms with van der Waals surface area (Å²) < 4.78 is 0. The second kappa shape index (κ2) is 4.97. The quantitative estimate of drug-likeness (QED) is 0.777. The van der Waals surface area contributed by atoms with E-state index in [9.17, 15) is 4.79 Å². The van der Waals surface area contributed by atoms with Gasteiger partial charge < -0.3 is 10.0 Å². The topological polar surface area (TPSA) is 40.5 Å². The minimum atomic E-state index is -0.636. The lowest BCUT2D eigenvalue weighted by Crippen LogP contribution is -2.47. The van der Waals surface area contributed by atoms with Crippen molar-refractivity contribution in [1.82, 2.24) is 4.90 Å². The van der Waals surface area contributed by atoms with Crippen LogP contribution in [-0.4, -0.2) is 35.1 Å². The standard InChI is InChI=1S/C12H21NO2/c14-12(15)7-6-10-4-3-9-13-8-2-1-5-11(10)13/h10-11H,1-9H2,(H,14,15). The highest BCUT2D eigenvalue weighted by molar-refractivity contribution is 5.66. The zero-order valence-electron chi connectivity index (χ0n) is 9.32. The van der Waals surface area contributed by atoms with Crippen LogP contribution in [-0.2, 0) is 4.79 Å². The summed E-state index contributed by atoms with van der Waals surface area (Å²) >= 11 is 0. The van der Waals surface area contributed by atoms with E-state index in [1.165, 1.54) is 45.2 Å². The van der Waals surface area contributed by atoms with Gasteiger partial charge in [-0.25, -0.2) is 0 Å². The second-order valence-corrected chi connectivity index (χ2v) is 4.93. The maximum atomic E-state index is 10.6. The molecule has 0 spiro atoms. The first-order chi connectivity index (χ1) is 7.27. The van der Waals surface area contributed by atoms with Crippen molar-refractivity contribution in [2.45, 2.75) is 51.0 Å². The molecular weight excluding hydrogens is 190 g/mol. The van der Waals surface area contributed by atoms with Crippen molar-refractivity contribution in [2.75, 3.05) is 13.1 Å². The van der Waals surface area contributed by atoms with Crippen molar-refractivity contribution in [2.24, 2.45) is 5.92 Å². The Hall–Kier alpha value is -0.570. The van der Waals surface area contributed by atoms with E-state index in [1.54, 1.807) is 0 Å². The lowest BCUT2D eigenvalue weighted by atomic mass is 9.81. The summed E-state index contributed by atoms with van der Waals surface area (Å²) in [5, 5.41) is 8.73. The first-order valence-electron chi connectivity index (χ1n) is 6.23. The summed E-state index contributed by atoms with van der Waals surface area (Å²) in [5.41, 5.74) is 0. The van der Waals surface area contributed by atoms with E-state index in [1.807, 2.05) is 0 Å². The minimum Gasteiger partial charge on any atom is -0.481 e. The summed E-state index contributed by atoms with van der Waals surface area (Å²) in [6, 6.07) is 0.701. The van der Waals surface area contributed by atoms with Crippen LogP contribution in [0.4, 0.5) is 0 Å². The van der Waals surface area contributed by atoms with E-state index in [-0.39, 0.29) is 0 Å². The molecule has 2 unspecified atom stereocenters. The van der Waals surface area contributed by atoms with Gasteiger partial charge in [-0.2, -0.15) is 0 Å². The molecule has 2 heterocycles. The van der Waals surface area contributed by atoms with Gasteiger partial charge in [0.15, 0.2) is 0 Å². The predicted molar refractivity (Wildman–Crippen MR) is 58.8 cm³/mol. The Labute approximate surface area is 91.5 Å². The molecule has 2 aliphatic rings. The first kappa shape index (κ1) is 10.9. The largest absolute Gasteiger partial charge is 0.481 e. The Morgan fingerprint density at radius 3 is 2.80 bits per heavy atom. The Morgan fingerprint density at radius 2 is 2.00 bits per heavy atom.